The van der Waals surface area contributed by atoms with Gasteiger partial charge in [-0.25, -0.2) is 4.98 Å². The Hall–Kier alpha value is -3.49. The summed E-state index contributed by atoms with van der Waals surface area (Å²) in [5.41, 5.74) is 2.34. The summed E-state index contributed by atoms with van der Waals surface area (Å²) in [6.07, 6.45) is 0. The Morgan fingerprint density at radius 3 is 1.69 bits per heavy atom. The topological polar surface area (TPSA) is 150 Å². The normalized spacial score (nSPS) is 12.2. The zero-order chi connectivity index (χ0) is 25.2. The van der Waals surface area contributed by atoms with Crippen LogP contribution in [0.15, 0.2) is 98.9 Å². The molecule has 1 aromatic heterocycles. The molecule has 0 bridgehead atoms. The highest BCUT2D eigenvalue weighted by Crippen LogP contribution is 2.45. The minimum atomic E-state index is -4.40. The minimum absolute atomic E-state index is 0.285. The first kappa shape index (κ1) is 24.6. The molecule has 0 fully saturated rings. The lowest BCUT2D eigenvalue weighted by Gasteiger charge is -2.22. The van der Waals surface area contributed by atoms with E-state index in [1.165, 1.54) is 66.9 Å². The molecule has 0 saturated carbocycles. The van der Waals surface area contributed by atoms with Gasteiger partial charge in [-0.2, -0.15) is 21.9 Å². The second kappa shape index (κ2) is 9.64. The van der Waals surface area contributed by atoms with Crippen molar-refractivity contribution in [2.24, 2.45) is 10.2 Å². The quantitative estimate of drug-likeness (QED) is 0.235. The molecule has 35 heavy (non-hydrogen) atoms. The zero-order valence-corrected chi connectivity index (χ0v) is 20.5. The SMILES string of the molecule is C/N=N/c1sc(N(c2ccc(S(=O)(=O)O)cc2)c2ccc(S(=O)(=O)O)cc2)nc1-c1ccccc1. The molecule has 0 aliphatic carbocycles. The molecule has 10 nitrogen and oxygen atoms in total. The van der Waals surface area contributed by atoms with E-state index in [2.05, 4.69) is 10.2 Å². The highest BCUT2D eigenvalue weighted by Gasteiger charge is 2.22. The molecule has 0 aliphatic heterocycles. The van der Waals surface area contributed by atoms with Gasteiger partial charge in [0.05, 0.1) is 9.79 Å². The van der Waals surface area contributed by atoms with Gasteiger partial charge in [-0.3, -0.25) is 14.0 Å². The second-order valence-electron chi connectivity index (χ2n) is 7.09. The Kier molecular flexibility index (Phi) is 6.78. The molecule has 0 amide bonds. The van der Waals surface area contributed by atoms with Crippen LogP contribution < -0.4 is 4.90 Å². The molecule has 4 rings (SSSR count). The fraction of sp³-hybridized carbons (Fsp3) is 0.0455. The average molecular weight is 531 g/mol. The summed E-state index contributed by atoms with van der Waals surface area (Å²) in [6.45, 7) is 0. The van der Waals surface area contributed by atoms with E-state index < -0.39 is 20.2 Å². The number of nitrogens with zero attached hydrogens (tertiary/aromatic N) is 4. The van der Waals surface area contributed by atoms with Crippen LogP contribution in [-0.2, 0) is 20.2 Å². The Balaban J connectivity index is 1.90. The highest BCUT2D eigenvalue weighted by molar-refractivity contribution is 7.86. The summed E-state index contributed by atoms with van der Waals surface area (Å²) in [5, 5.41) is 9.04. The molecule has 2 N–H and O–H groups in total. The van der Waals surface area contributed by atoms with E-state index in [-0.39, 0.29) is 9.79 Å². The molecule has 180 valence electrons. The van der Waals surface area contributed by atoms with Crippen molar-refractivity contribution in [3.05, 3.63) is 78.9 Å². The van der Waals surface area contributed by atoms with Crippen LogP contribution in [0.3, 0.4) is 0 Å². The van der Waals surface area contributed by atoms with E-state index in [9.17, 15) is 25.9 Å². The molecule has 0 saturated heterocycles. The van der Waals surface area contributed by atoms with Crippen LogP contribution in [0.1, 0.15) is 0 Å². The standard InChI is InChI=1S/C22H18N4O6S3/c1-23-25-21-20(15-5-3-2-4-6-15)24-22(33-21)26(16-7-11-18(12-8-16)34(27,28)29)17-9-13-19(14-10-17)35(30,31)32/h2-14H,1H3,(H,27,28,29)(H,30,31,32)/b25-23+. The number of rotatable bonds is 7. The van der Waals surface area contributed by atoms with Gasteiger partial charge in [-0.1, -0.05) is 41.7 Å². The van der Waals surface area contributed by atoms with Gasteiger partial charge in [0, 0.05) is 24.0 Å². The van der Waals surface area contributed by atoms with Gasteiger partial charge in [0.1, 0.15) is 5.69 Å². The fourth-order valence-corrected chi connectivity index (χ4v) is 5.20. The lowest BCUT2D eigenvalue weighted by atomic mass is 10.2. The smallest absolute Gasteiger partial charge is 0.286 e. The predicted octanol–water partition coefficient (Wildman–Crippen LogP) is 5.49. The molecular weight excluding hydrogens is 512 g/mol. The maximum Gasteiger partial charge on any atom is 0.294 e. The largest absolute Gasteiger partial charge is 0.294 e. The van der Waals surface area contributed by atoms with Crippen molar-refractivity contribution in [1.29, 1.82) is 0 Å². The third-order valence-corrected chi connectivity index (χ3v) is 7.47. The summed E-state index contributed by atoms with van der Waals surface area (Å²) in [4.78, 5) is 5.84. The molecule has 0 aliphatic rings. The predicted molar refractivity (Wildman–Crippen MR) is 132 cm³/mol. The Bertz CT molecular complexity index is 1510. The van der Waals surface area contributed by atoms with Crippen LogP contribution in [0.5, 0.6) is 0 Å². The van der Waals surface area contributed by atoms with Crippen LogP contribution in [0, 0.1) is 0 Å². The van der Waals surface area contributed by atoms with Gasteiger partial charge in [0.15, 0.2) is 10.1 Å². The van der Waals surface area contributed by atoms with E-state index in [4.69, 9.17) is 4.98 Å². The molecule has 0 atom stereocenters. The van der Waals surface area contributed by atoms with Gasteiger partial charge in [-0.05, 0) is 48.5 Å². The molecule has 0 spiro atoms. The van der Waals surface area contributed by atoms with Crippen molar-refractivity contribution in [2.45, 2.75) is 9.79 Å². The number of anilines is 3. The van der Waals surface area contributed by atoms with Crippen molar-refractivity contribution in [3.63, 3.8) is 0 Å². The van der Waals surface area contributed by atoms with E-state index in [0.717, 1.165) is 5.56 Å². The number of aromatic nitrogens is 1. The molecule has 0 unspecified atom stereocenters. The molecule has 4 aromatic rings. The van der Waals surface area contributed by atoms with Gasteiger partial charge >= 0.3 is 0 Å². The molecule has 13 heteroatoms. The Morgan fingerprint density at radius 1 is 0.771 bits per heavy atom. The average Bonchev–Trinajstić information content (AvgIpc) is 3.23. The number of hydrogen-bond acceptors (Lipinski definition) is 9. The number of azo groups is 1. The first-order valence-corrected chi connectivity index (χ1v) is 13.6. The summed E-state index contributed by atoms with van der Waals surface area (Å²) in [5.74, 6) is 0. The van der Waals surface area contributed by atoms with Crippen LogP contribution in [0.4, 0.5) is 21.5 Å². The van der Waals surface area contributed by atoms with E-state index >= 15 is 0 Å². The second-order valence-corrected chi connectivity index (χ2v) is 10.9. The fourth-order valence-electron chi connectivity index (χ4n) is 3.24. The van der Waals surface area contributed by atoms with Crippen LogP contribution in [0.25, 0.3) is 11.3 Å². The van der Waals surface area contributed by atoms with Gasteiger partial charge in [-0.15, -0.1) is 5.11 Å². The third kappa shape index (κ3) is 5.44. The van der Waals surface area contributed by atoms with E-state index in [1.807, 2.05) is 30.3 Å². The maximum absolute atomic E-state index is 11.5. The monoisotopic (exact) mass is 530 g/mol. The number of benzene rings is 3. The maximum atomic E-state index is 11.5. The summed E-state index contributed by atoms with van der Waals surface area (Å²) >= 11 is 1.22. The van der Waals surface area contributed by atoms with Crippen molar-refractivity contribution in [3.8, 4) is 11.3 Å². The highest BCUT2D eigenvalue weighted by atomic mass is 32.2. The Morgan fingerprint density at radius 2 is 1.26 bits per heavy atom. The first-order valence-electron chi connectivity index (χ1n) is 9.89. The summed E-state index contributed by atoms with van der Waals surface area (Å²) in [6, 6.07) is 20.2. The zero-order valence-electron chi connectivity index (χ0n) is 18.0. The lowest BCUT2D eigenvalue weighted by molar-refractivity contribution is 0.481. The van der Waals surface area contributed by atoms with Crippen LogP contribution in [0.2, 0.25) is 0 Å². The summed E-state index contributed by atoms with van der Waals surface area (Å²) in [7, 11) is -7.26. The van der Waals surface area contributed by atoms with Gasteiger partial charge < -0.3 is 0 Å². The van der Waals surface area contributed by atoms with Crippen molar-refractivity contribution >= 4 is 53.1 Å². The molecule has 3 aromatic carbocycles. The Labute approximate surface area is 205 Å². The number of thiazole rings is 1. The lowest BCUT2D eigenvalue weighted by Crippen LogP contribution is -2.10. The molecule has 0 radical (unpaired) electrons. The van der Waals surface area contributed by atoms with Crippen molar-refractivity contribution in [1.82, 2.24) is 4.98 Å². The first-order chi connectivity index (χ1) is 16.6. The number of hydrogen-bond donors (Lipinski definition) is 2. The van der Waals surface area contributed by atoms with Crippen LogP contribution in [-0.4, -0.2) is 38.0 Å². The molecule has 1 heterocycles. The van der Waals surface area contributed by atoms with Gasteiger partial charge in [0.2, 0.25) is 0 Å². The van der Waals surface area contributed by atoms with E-state index in [1.54, 1.807) is 4.90 Å². The van der Waals surface area contributed by atoms with Gasteiger partial charge in [0.25, 0.3) is 20.2 Å². The minimum Gasteiger partial charge on any atom is -0.286 e. The third-order valence-electron chi connectivity index (χ3n) is 4.81. The van der Waals surface area contributed by atoms with Crippen molar-refractivity contribution in [2.75, 3.05) is 11.9 Å². The van der Waals surface area contributed by atoms with Crippen LogP contribution >= 0.6 is 11.3 Å². The molecular formula is C22H18N4O6S3. The van der Waals surface area contributed by atoms with E-state index in [0.29, 0.717) is 27.2 Å². The summed E-state index contributed by atoms with van der Waals surface area (Å²) < 4.78 is 64.6. The van der Waals surface area contributed by atoms with Crippen molar-refractivity contribution < 1.29 is 25.9 Å².